The molecule has 0 atom stereocenters. The molecule has 1 N–H and O–H groups in total. The number of carbonyl (C=O) groups excluding carboxylic acids is 1. The Hall–Kier alpha value is -1.63. The van der Waals surface area contributed by atoms with Crippen LogP contribution in [0.25, 0.3) is 0 Å². The standard InChI is InChI=1S/C16H19Cl2FN4O/c1-3-22(4-2)5-6-23-10-11(9-20-23)21-16(24)12-7-15(19)14(18)8-13(12)17/h7-10H,3-6H2,1-2H3,(H,21,24). The molecular formula is C16H19Cl2FN4O. The summed E-state index contributed by atoms with van der Waals surface area (Å²) in [5.41, 5.74) is 0.542. The summed E-state index contributed by atoms with van der Waals surface area (Å²) < 4.78 is 15.3. The number of rotatable bonds is 7. The average molecular weight is 373 g/mol. The smallest absolute Gasteiger partial charge is 0.257 e. The Balaban J connectivity index is 2.01. The monoisotopic (exact) mass is 372 g/mol. The molecule has 0 aliphatic heterocycles. The lowest BCUT2D eigenvalue weighted by Gasteiger charge is -2.17. The van der Waals surface area contributed by atoms with Crippen LogP contribution < -0.4 is 5.32 Å². The number of nitrogens with zero attached hydrogens (tertiary/aromatic N) is 3. The van der Waals surface area contributed by atoms with Crippen molar-refractivity contribution in [2.45, 2.75) is 20.4 Å². The third-order valence-electron chi connectivity index (χ3n) is 3.69. The topological polar surface area (TPSA) is 50.2 Å². The number of likely N-dealkylation sites (N-methyl/N-ethyl adjacent to an activating group) is 1. The average Bonchev–Trinajstić information content (AvgIpc) is 2.99. The van der Waals surface area contributed by atoms with Gasteiger partial charge in [-0.15, -0.1) is 0 Å². The van der Waals surface area contributed by atoms with Gasteiger partial charge in [0.15, 0.2) is 0 Å². The minimum atomic E-state index is -0.693. The second-order valence-corrected chi connectivity index (χ2v) is 6.03. The summed E-state index contributed by atoms with van der Waals surface area (Å²) in [7, 11) is 0. The van der Waals surface area contributed by atoms with Crippen molar-refractivity contribution in [2.24, 2.45) is 0 Å². The maximum absolute atomic E-state index is 13.5. The van der Waals surface area contributed by atoms with Crippen molar-refractivity contribution in [2.75, 3.05) is 25.0 Å². The van der Waals surface area contributed by atoms with E-state index in [4.69, 9.17) is 23.2 Å². The molecule has 0 fully saturated rings. The first-order valence-corrected chi connectivity index (χ1v) is 8.40. The molecule has 0 radical (unpaired) electrons. The number of amides is 1. The summed E-state index contributed by atoms with van der Waals surface area (Å²) in [6.45, 7) is 7.74. The lowest BCUT2D eigenvalue weighted by atomic mass is 10.2. The first kappa shape index (κ1) is 18.7. The molecule has 0 unspecified atom stereocenters. The molecule has 1 aromatic heterocycles. The fourth-order valence-corrected chi connectivity index (χ4v) is 2.70. The molecule has 1 amide bonds. The molecule has 1 heterocycles. The largest absolute Gasteiger partial charge is 0.319 e. The Morgan fingerprint density at radius 2 is 2.00 bits per heavy atom. The molecule has 2 rings (SSSR count). The fourth-order valence-electron chi connectivity index (χ4n) is 2.23. The molecular weight excluding hydrogens is 354 g/mol. The van der Waals surface area contributed by atoms with Crippen molar-refractivity contribution in [3.05, 3.63) is 46.0 Å². The fraction of sp³-hybridized carbons (Fsp3) is 0.375. The van der Waals surface area contributed by atoms with Gasteiger partial charge in [-0.25, -0.2) is 4.39 Å². The number of nitrogens with one attached hydrogen (secondary N) is 1. The van der Waals surface area contributed by atoms with E-state index >= 15 is 0 Å². The molecule has 130 valence electrons. The van der Waals surface area contributed by atoms with Gasteiger partial charge < -0.3 is 10.2 Å². The quantitative estimate of drug-likeness (QED) is 0.749. The Bertz CT molecular complexity index is 716. The maximum atomic E-state index is 13.5. The molecule has 0 aliphatic carbocycles. The second-order valence-electron chi connectivity index (χ2n) is 5.22. The van der Waals surface area contributed by atoms with E-state index < -0.39 is 11.7 Å². The van der Waals surface area contributed by atoms with E-state index in [-0.39, 0.29) is 15.6 Å². The van der Waals surface area contributed by atoms with Gasteiger partial charge in [0.2, 0.25) is 0 Å². The van der Waals surface area contributed by atoms with Crippen LogP contribution in [-0.4, -0.2) is 40.2 Å². The molecule has 5 nitrogen and oxygen atoms in total. The van der Waals surface area contributed by atoms with E-state index in [0.717, 1.165) is 25.7 Å². The minimum absolute atomic E-state index is 0.0226. The molecule has 8 heteroatoms. The van der Waals surface area contributed by atoms with Crippen LogP contribution in [0, 0.1) is 5.82 Å². The summed E-state index contributed by atoms with van der Waals surface area (Å²) in [6.07, 6.45) is 3.27. The summed E-state index contributed by atoms with van der Waals surface area (Å²) >= 11 is 11.6. The van der Waals surface area contributed by atoms with Crippen molar-refractivity contribution >= 4 is 34.8 Å². The number of halogens is 3. The van der Waals surface area contributed by atoms with Gasteiger partial charge in [0.1, 0.15) is 5.82 Å². The van der Waals surface area contributed by atoms with Crippen LogP contribution in [0.4, 0.5) is 10.1 Å². The van der Waals surface area contributed by atoms with Gasteiger partial charge in [0.05, 0.1) is 34.0 Å². The van der Waals surface area contributed by atoms with Gasteiger partial charge in [-0.05, 0) is 25.2 Å². The first-order chi connectivity index (χ1) is 11.4. The molecule has 1 aromatic carbocycles. The van der Waals surface area contributed by atoms with Crippen LogP contribution in [0.15, 0.2) is 24.5 Å². The second kappa shape index (κ2) is 8.46. The summed E-state index contributed by atoms with van der Waals surface area (Å²) in [5, 5.41) is 6.82. The number of benzene rings is 1. The van der Waals surface area contributed by atoms with E-state index in [0.29, 0.717) is 12.2 Å². The summed E-state index contributed by atoms with van der Waals surface area (Å²) in [6, 6.07) is 2.23. The van der Waals surface area contributed by atoms with Crippen molar-refractivity contribution in [3.63, 3.8) is 0 Å². The number of anilines is 1. The zero-order valence-corrected chi connectivity index (χ0v) is 15.0. The van der Waals surface area contributed by atoms with Crippen LogP contribution in [-0.2, 0) is 6.54 Å². The van der Waals surface area contributed by atoms with Crippen molar-refractivity contribution in [1.29, 1.82) is 0 Å². The van der Waals surface area contributed by atoms with E-state index in [9.17, 15) is 9.18 Å². The Labute approximate surface area is 150 Å². The zero-order valence-electron chi connectivity index (χ0n) is 13.5. The van der Waals surface area contributed by atoms with E-state index in [1.165, 1.54) is 6.07 Å². The molecule has 0 spiro atoms. The van der Waals surface area contributed by atoms with Gasteiger partial charge in [0.25, 0.3) is 5.91 Å². The predicted molar refractivity (Wildman–Crippen MR) is 94.4 cm³/mol. The lowest BCUT2D eigenvalue weighted by molar-refractivity contribution is 0.102. The normalized spacial score (nSPS) is 11.1. The highest BCUT2D eigenvalue weighted by molar-refractivity contribution is 6.37. The van der Waals surface area contributed by atoms with Crippen LogP contribution in [0.1, 0.15) is 24.2 Å². The van der Waals surface area contributed by atoms with Gasteiger partial charge in [0, 0.05) is 12.7 Å². The summed E-state index contributed by atoms with van der Waals surface area (Å²) in [4.78, 5) is 14.5. The predicted octanol–water partition coefficient (Wildman–Crippen LogP) is 3.92. The van der Waals surface area contributed by atoms with Crippen LogP contribution in [0.3, 0.4) is 0 Å². The van der Waals surface area contributed by atoms with Gasteiger partial charge >= 0.3 is 0 Å². The van der Waals surface area contributed by atoms with Crippen molar-refractivity contribution < 1.29 is 9.18 Å². The Morgan fingerprint density at radius 3 is 2.67 bits per heavy atom. The molecule has 0 bridgehead atoms. The SMILES string of the molecule is CCN(CC)CCn1cc(NC(=O)c2cc(F)c(Cl)cc2Cl)cn1. The maximum Gasteiger partial charge on any atom is 0.257 e. The first-order valence-electron chi connectivity index (χ1n) is 7.65. The van der Waals surface area contributed by atoms with Crippen LogP contribution >= 0.6 is 23.2 Å². The highest BCUT2D eigenvalue weighted by Crippen LogP contribution is 2.25. The van der Waals surface area contributed by atoms with Crippen molar-refractivity contribution in [3.8, 4) is 0 Å². The number of hydrogen-bond donors (Lipinski definition) is 1. The molecule has 0 aliphatic rings. The molecule has 0 saturated carbocycles. The van der Waals surface area contributed by atoms with Crippen LogP contribution in [0.5, 0.6) is 0 Å². The third-order valence-corrected chi connectivity index (χ3v) is 4.29. The van der Waals surface area contributed by atoms with Gasteiger partial charge in [-0.1, -0.05) is 37.0 Å². The Kier molecular flexibility index (Phi) is 6.60. The number of aromatic nitrogens is 2. The highest BCUT2D eigenvalue weighted by Gasteiger charge is 2.15. The molecule has 2 aromatic rings. The highest BCUT2D eigenvalue weighted by atomic mass is 35.5. The van der Waals surface area contributed by atoms with Crippen molar-refractivity contribution in [1.82, 2.24) is 14.7 Å². The third kappa shape index (κ3) is 4.69. The zero-order chi connectivity index (χ0) is 17.7. The Morgan fingerprint density at radius 1 is 1.29 bits per heavy atom. The summed E-state index contributed by atoms with van der Waals surface area (Å²) in [5.74, 6) is -1.21. The van der Waals surface area contributed by atoms with E-state index in [2.05, 4.69) is 29.2 Å². The minimum Gasteiger partial charge on any atom is -0.319 e. The lowest BCUT2D eigenvalue weighted by Crippen LogP contribution is -2.27. The van der Waals surface area contributed by atoms with Gasteiger partial charge in [-0.3, -0.25) is 9.48 Å². The molecule has 0 saturated heterocycles. The molecule has 24 heavy (non-hydrogen) atoms. The van der Waals surface area contributed by atoms with Gasteiger partial charge in [-0.2, -0.15) is 5.10 Å². The van der Waals surface area contributed by atoms with E-state index in [1.807, 2.05) is 0 Å². The van der Waals surface area contributed by atoms with Crippen LogP contribution in [0.2, 0.25) is 10.0 Å². The number of hydrogen-bond acceptors (Lipinski definition) is 3. The number of carbonyl (C=O) groups is 1. The van der Waals surface area contributed by atoms with E-state index in [1.54, 1.807) is 17.1 Å².